The van der Waals surface area contributed by atoms with E-state index < -0.39 is 0 Å². The minimum atomic E-state index is 0.344. The molecule has 3 heteroatoms. The average Bonchev–Trinajstić information content (AvgIpc) is 2.41. The lowest BCUT2D eigenvalue weighted by atomic mass is 10.1. The molecule has 0 saturated heterocycles. The molecule has 0 aromatic heterocycles. The Bertz CT molecular complexity index is 537. The van der Waals surface area contributed by atoms with Crippen LogP contribution in [0.1, 0.15) is 13.8 Å². The number of rotatable bonds is 6. The SMILES string of the molecule is CC(C)COCCSc1ccc(O)c2ccccc12. The summed E-state index contributed by atoms with van der Waals surface area (Å²) in [4.78, 5) is 1.20. The van der Waals surface area contributed by atoms with Crippen molar-refractivity contribution in [2.45, 2.75) is 18.7 Å². The number of phenolic OH excluding ortho intramolecular Hbond substituents is 1. The third-order valence-electron chi connectivity index (χ3n) is 2.80. The molecule has 1 N–H and O–H groups in total. The Morgan fingerprint density at radius 2 is 1.84 bits per heavy atom. The minimum absolute atomic E-state index is 0.344. The zero-order chi connectivity index (χ0) is 13.7. The Labute approximate surface area is 118 Å². The lowest BCUT2D eigenvalue weighted by Gasteiger charge is -2.09. The van der Waals surface area contributed by atoms with Crippen molar-refractivity contribution in [2.24, 2.45) is 5.92 Å². The van der Waals surface area contributed by atoms with Crippen molar-refractivity contribution in [3.05, 3.63) is 36.4 Å². The van der Waals surface area contributed by atoms with Gasteiger partial charge >= 0.3 is 0 Å². The van der Waals surface area contributed by atoms with Gasteiger partial charge in [-0.25, -0.2) is 0 Å². The third kappa shape index (κ3) is 3.88. The summed E-state index contributed by atoms with van der Waals surface area (Å²) < 4.78 is 5.58. The summed E-state index contributed by atoms with van der Waals surface area (Å²) in [6, 6.07) is 11.7. The molecular weight excluding hydrogens is 256 g/mol. The van der Waals surface area contributed by atoms with Crippen molar-refractivity contribution in [3.8, 4) is 5.75 Å². The van der Waals surface area contributed by atoms with Gasteiger partial charge in [-0.3, -0.25) is 0 Å². The van der Waals surface area contributed by atoms with Gasteiger partial charge in [-0.15, -0.1) is 11.8 Å². The molecule has 2 aromatic carbocycles. The number of fused-ring (bicyclic) bond motifs is 1. The predicted molar refractivity (Wildman–Crippen MR) is 82.0 cm³/mol. The molecule has 0 saturated carbocycles. The van der Waals surface area contributed by atoms with E-state index >= 15 is 0 Å². The summed E-state index contributed by atoms with van der Waals surface area (Å²) in [5.74, 6) is 1.86. The van der Waals surface area contributed by atoms with Gasteiger partial charge in [0.1, 0.15) is 5.75 Å². The minimum Gasteiger partial charge on any atom is -0.507 e. The van der Waals surface area contributed by atoms with Crippen LogP contribution in [0.4, 0.5) is 0 Å². The number of hydrogen-bond acceptors (Lipinski definition) is 3. The van der Waals surface area contributed by atoms with Crippen molar-refractivity contribution >= 4 is 22.5 Å². The second kappa shape index (κ2) is 6.83. The van der Waals surface area contributed by atoms with Crippen LogP contribution in [0.25, 0.3) is 10.8 Å². The number of hydrogen-bond donors (Lipinski definition) is 1. The molecular formula is C16H20O2S. The van der Waals surface area contributed by atoms with Gasteiger partial charge in [0.15, 0.2) is 0 Å². The molecule has 19 heavy (non-hydrogen) atoms. The van der Waals surface area contributed by atoms with Crippen LogP contribution < -0.4 is 0 Å². The predicted octanol–water partition coefficient (Wildman–Crippen LogP) is 4.31. The van der Waals surface area contributed by atoms with E-state index in [9.17, 15) is 5.11 Å². The van der Waals surface area contributed by atoms with Gasteiger partial charge in [-0.1, -0.05) is 38.1 Å². The topological polar surface area (TPSA) is 29.5 Å². The highest BCUT2D eigenvalue weighted by atomic mass is 32.2. The quantitative estimate of drug-likeness (QED) is 0.629. The van der Waals surface area contributed by atoms with Crippen LogP contribution in [0.15, 0.2) is 41.3 Å². The fraction of sp³-hybridized carbons (Fsp3) is 0.375. The van der Waals surface area contributed by atoms with Gasteiger partial charge in [0.25, 0.3) is 0 Å². The summed E-state index contributed by atoms with van der Waals surface area (Å²) in [6.07, 6.45) is 0. The monoisotopic (exact) mass is 276 g/mol. The molecule has 102 valence electrons. The first kappa shape index (κ1) is 14.2. The third-order valence-corrected chi connectivity index (χ3v) is 3.84. The molecule has 0 unspecified atom stereocenters. The molecule has 0 bridgehead atoms. The fourth-order valence-corrected chi connectivity index (χ4v) is 2.83. The fourth-order valence-electron chi connectivity index (χ4n) is 1.91. The van der Waals surface area contributed by atoms with Crippen LogP contribution in [-0.2, 0) is 4.74 Å². The molecule has 0 aliphatic heterocycles. The number of benzene rings is 2. The first-order chi connectivity index (χ1) is 9.18. The lowest BCUT2D eigenvalue weighted by Crippen LogP contribution is -2.04. The van der Waals surface area contributed by atoms with E-state index in [1.807, 2.05) is 30.3 Å². The molecule has 0 spiro atoms. The molecule has 0 amide bonds. The van der Waals surface area contributed by atoms with Gasteiger partial charge in [-0.05, 0) is 23.4 Å². The molecule has 0 aliphatic carbocycles. The number of ether oxygens (including phenoxy) is 1. The zero-order valence-electron chi connectivity index (χ0n) is 11.4. The summed E-state index contributed by atoms with van der Waals surface area (Å²) in [5, 5.41) is 11.9. The Balaban J connectivity index is 1.99. The standard InChI is InChI=1S/C16H20O2S/c1-12(2)11-18-9-10-19-16-8-7-15(17)13-5-3-4-6-14(13)16/h3-8,12,17H,9-11H2,1-2H3. The van der Waals surface area contributed by atoms with Crippen molar-refractivity contribution in [1.82, 2.24) is 0 Å². The molecule has 0 atom stereocenters. The van der Waals surface area contributed by atoms with Gasteiger partial charge in [0, 0.05) is 22.6 Å². The highest BCUT2D eigenvalue weighted by Crippen LogP contribution is 2.33. The maximum Gasteiger partial charge on any atom is 0.123 e. The summed E-state index contributed by atoms with van der Waals surface area (Å²) in [7, 11) is 0. The maximum atomic E-state index is 9.83. The molecule has 0 heterocycles. The second-order valence-corrected chi connectivity index (χ2v) is 6.08. The van der Waals surface area contributed by atoms with Crippen LogP contribution in [0.2, 0.25) is 0 Å². The van der Waals surface area contributed by atoms with Crippen LogP contribution in [0, 0.1) is 5.92 Å². The van der Waals surface area contributed by atoms with Crippen LogP contribution >= 0.6 is 11.8 Å². The van der Waals surface area contributed by atoms with Gasteiger partial charge in [0.2, 0.25) is 0 Å². The van der Waals surface area contributed by atoms with E-state index in [2.05, 4.69) is 13.8 Å². The molecule has 2 aromatic rings. The average molecular weight is 276 g/mol. The van der Waals surface area contributed by atoms with Crippen LogP contribution in [0.3, 0.4) is 0 Å². The zero-order valence-corrected chi connectivity index (χ0v) is 12.2. The van der Waals surface area contributed by atoms with E-state index in [0.29, 0.717) is 11.7 Å². The molecule has 2 rings (SSSR count). The van der Waals surface area contributed by atoms with E-state index in [1.54, 1.807) is 17.8 Å². The molecule has 0 radical (unpaired) electrons. The van der Waals surface area contributed by atoms with E-state index in [0.717, 1.165) is 29.7 Å². The Morgan fingerprint density at radius 1 is 1.11 bits per heavy atom. The van der Waals surface area contributed by atoms with E-state index in [4.69, 9.17) is 4.74 Å². The summed E-state index contributed by atoms with van der Waals surface area (Å²) in [5.41, 5.74) is 0. The normalized spacial score (nSPS) is 11.3. The first-order valence-electron chi connectivity index (χ1n) is 6.59. The van der Waals surface area contributed by atoms with E-state index in [1.165, 1.54) is 4.90 Å². The first-order valence-corrected chi connectivity index (χ1v) is 7.58. The largest absolute Gasteiger partial charge is 0.507 e. The van der Waals surface area contributed by atoms with Crippen LogP contribution in [0.5, 0.6) is 5.75 Å². The summed E-state index contributed by atoms with van der Waals surface area (Å²) in [6.45, 7) is 5.89. The van der Waals surface area contributed by atoms with Crippen molar-refractivity contribution in [3.63, 3.8) is 0 Å². The smallest absolute Gasteiger partial charge is 0.123 e. The highest BCUT2D eigenvalue weighted by Gasteiger charge is 2.05. The Morgan fingerprint density at radius 3 is 2.58 bits per heavy atom. The molecule has 0 fully saturated rings. The lowest BCUT2D eigenvalue weighted by molar-refractivity contribution is 0.124. The number of aromatic hydroxyl groups is 1. The van der Waals surface area contributed by atoms with Crippen LogP contribution in [-0.4, -0.2) is 24.1 Å². The van der Waals surface area contributed by atoms with Crippen molar-refractivity contribution in [2.75, 3.05) is 19.0 Å². The number of thioether (sulfide) groups is 1. The summed E-state index contributed by atoms with van der Waals surface area (Å²) >= 11 is 1.77. The van der Waals surface area contributed by atoms with Gasteiger partial charge in [-0.2, -0.15) is 0 Å². The van der Waals surface area contributed by atoms with Gasteiger partial charge in [0.05, 0.1) is 6.61 Å². The Kier molecular flexibility index (Phi) is 5.11. The van der Waals surface area contributed by atoms with Crippen molar-refractivity contribution in [1.29, 1.82) is 0 Å². The highest BCUT2D eigenvalue weighted by molar-refractivity contribution is 7.99. The maximum absolute atomic E-state index is 9.83. The second-order valence-electron chi connectivity index (χ2n) is 4.95. The Hall–Kier alpha value is -1.19. The van der Waals surface area contributed by atoms with Gasteiger partial charge < -0.3 is 9.84 Å². The van der Waals surface area contributed by atoms with E-state index in [-0.39, 0.29) is 0 Å². The number of phenols is 1. The molecule has 2 nitrogen and oxygen atoms in total. The van der Waals surface area contributed by atoms with Crippen molar-refractivity contribution < 1.29 is 9.84 Å². The molecule has 0 aliphatic rings.